The van der Waals surface area contributed by atoms with Crippen molar-refractivity contribution in [2.24, 2.45) is 5.16 Å². The largest absolute Gasteiger partial charge is 0.410 e. The number of halogens is 3. The van der Waals surface area contributed by atoms with Gasteiger partial charge in [0.1, 0.15) is 17.3 Å². The van der Waals surface area contributed by atoms with Crippen molar-refractivity contribution in [3.63, 3.8) is 0 Å². The zero-order chi connectivity index (χ0) is 13.1. The SMILES string of the molecule is ON=C(Cl)c1cc(F)c(N2CCOCC2)c(F)c1. The van der Waals surface area contributed by atoms with E-state index < -0.39 is 11.6 Å². The second kappa shape index (κ2) is 5.49. The van der Waals surface area contributed by atoms with Gasteiger partial charge in [0.2, 0.25) is 0 Å². The maximum absolute atomic E-state index is 13.9. The lowest BCUT2D eigenvalue weighted by Gasteiger charge is -2.29. The van der Waals surface area contributed by atoms with Crippen molar-refractivity contribution in [2.75, 3.05) is 31.2 Å². The van der Waals surface area contributed by atoms with Crippen LogP contribution >= 0.6 is 11.6 Å². The standard InChI is InChI=1S/C11H11ClF2N2O2/c12-11(15-17)7-5-8(13)10(9(14)6-7)16-1-3-18-4-2-16/h5-6,17H,1-4H2. The summed E-state index contributed by atoms with van der Waals surface area (Å²) >= 11 is 5.51. The van der Waals surface area contributed by atoms with E-state index in [1.54, 1.807) is 4.90 Å². The molecule has 0 aliphatic carbocycles. The summed E-state index contributed by atoms with van der Waals surface area (Å²) in [4.78, 5) is 1.57. The van der Waals surface area contributed by atoms with E-state index in [4.69, 9.17) is 21.5 Å². The van der Waals surface area contributed by atoms with E-state index >= 15 is 0 Å². The third kappa shape index (κ3) is 2.54. The van der Waals surface area contributed by atoms with Gasteiger partial charge >= 0.3 is 0 Å². The summed E-state index contributed by atoms with van der Waals surface area (Å²) in [5, 5.41) is 10.8. The number of hydrogen-bond donors (Lipinski definition) is 1. The van der Waals surface area contributed by atoms with Crippen molar-refractivity contribution in [1.29, 1.82) is 0 Å². The van der Waals surface area contributed by atoms with Gasteiger partial charge in [0.15, 0.2) is 5.17 Å². The lowest BCUT2D eigenvalue weighted by molar-refractivity contribution is 0.122. The minimum Gasteiger partial charge on any atom is -0.410 e. The topological polar surface area (TPSA) is 45.1 Å². The Kier molecular flexibility index (Phi) is 3.98. The van der Waals surface area contributed by atoms with Gasteiger partial charge in [0.25, 0.3) is 0 Å². The average Bonchev–Trinajstić information content (AvgIpc) is 2.38. The molecule has 1 heterocycles. The van der Waals surface area contributed by atoms with Crippen LogP contribution in [-0.2, 0) is 4.74 Å². The van der Waals surface area contributed by atoms with E-state index in [2.05, 4.69) is 5.16 Å². The van der Waals surface area contributed by atoms with Crippen LogP contribution in [0.25, 0.3) is 0 Å². The van der Waals surface area contributed by atoms with Gasteiger partial charge < -0.3 is 14.8 Å². The molecule has 18 heavy (non-hydrogen) atoms. The molecule has 98 valence electrons. The Balaban J connectivity index is 2.37. The first-order chi connectivity index (χ1) is 8.63. The highest BCUT2D eigenvalue weighted by atomic mass is 35.5. The minimum absolute atomic E-state index is 0.00817. The van der Waals surface area contributed by atoms with E-state index in [9.17, 15) is 8.78 Å². The van der Waals surface area contributed by atoms with Crippen LogP contribution in [-0.4, -0.2) is 36.7 Å². The Morgan fingerprint density at radius 1 is 1.28 bits per heavy atom. The van der Waals surface area contributed by atoms with Gasteiger partial charge in [-0.05, 0) is 12.1 Å². The van der Waals surface area contributed by atoms with E-state index in [1.807, 2.05) is 0 Å². The first-order valence-electron chi connectivity index (χ1n) is 5.33. The van der Waals surface area contributed by atoms with E-state index in [-0.39, 0.29) is 16.4 Å². The zero-order valence-electron chi connectivity index (χ0n) is 9.37. The number of rotatable bonds is 2. The number of benzene rings is 1. The second-order valence-electron chi connectivity index (χ2n) is 3.78. The predicted molar refractivity (Wildman–Crippen MR) is 63.6 cm³/mol. The fourth-order valence-electron chi connectivity index (χ4n) is 1.83. The third-order valence-corrected chi connectivity index (χ3v) is 2.96. The van der Waals surface area contributed by atoms with Crippen molar-refractivity contribution in [3.8, 4) is 0 Å². The molecule has 1 aromatic rings. The molecule has 0 bridgehead atoms. The lowest BCUT2D eigenvalue weighted by atomic mass is 10.1. The number of hydrogen-bond acceptors (Lipinski definition) is 4. The Labute approximate surface area is 107 Å². The normalized spacial score (nSPS) is 17.1. The maximum atomic E-state index is 13.9. The van der Waals surface area contributed by atoms with Crippen LogP contribution < -0.4 is 4.90 Å². The number of anilines is 1. The zero-order valence-corrected chi connectivity index (χ0v) is 10.1. The molecule has 1 N–H and O–H groups in total. The van der Waals surface area contributed by atoms with Gasteiger partial charge in [-0.2, -0.15) is 0 Å². The molecule has 0 aromatic heterocycles. The summed E-state index contributed by atoms with van der Waals surface area (Å²) in [6.45, 7) is 1.71. The monoisotopic (exact) mass is 276 g/mol. The van der Waals surface area contributed by atoms with Crippen LogP contribution in [0.5, 0.6) is 0 Å². The molecule has 1 fully saturated rings. The van der Waals surface area contributed by atoms with Crippen molar-refractivity contribution in [3.05, 3.63) is 29.3 Å². The first-order valence-corrected chi connectivity index (χ1v) is 5.71. The quantitative estimate of drug-likeness (QED) is 0.512. The number of nitrogens with zero attached hydrogens (tertiary/aromatic N) is 2. The summed E-state index contributed by atoms with van der Waals surface area (Å²) < 4.78 is 32.9. The molecule has 0 amide bonds. The summed E-state index contributed by atoms with van der Waals surface area (Å²) in [6, 6.07) is 2.08. The van der Waals surface area contributed by atoms with E-state index in [0.29, 0.717) is 26.3 Å². The molecule has 0 saturated carbocycles. The molecule has 7 heteroatoms. The van der Waals surface area contributed by atoms with Crippen LogP contribution in [0.2, 0.25) is 0 Å². The first kappa shape index (κ1) is 13.0. The van der Waals surface area contributed by atoms with E-state index in [1.165, 1.54) is 0 Å². The second-order valence-corrected chi connectivity index (χ2v) is 4.14. The third-order valence-electron chi connectivity index (χ3n) is 2.67. The Hall–Kier alpha value is -1.40. The van der Waals surface area contributed by atoms with Crippen LogP contribution in [0.3, 0.4) is 0 Å². The minimum atomic E-state index is -0.742. The van der Waals surface area contributed by atoms with Gasteiger partial charge in [0.05, 0.1) is 13.2 Å². The highest BCUT2D eigenvalue weighted by Gasteiger charge is 2.21. The van der Waals surface area contributed by atoms with Gasteiger partial charge in [0, 0.05) is 18.7 Å². The molecular formula is C11H11ClF2N2O2. The van der Waals surface area contributed by atoms with Crippen LogP contribution in [0.1, 0.15) is 5.56 Å². The molecule has 0 atom stereocenters. The molecule has 1 aliphatic rings. The van der Waals surface area contributed by atoms with Crippen molar-refractivity contribution in [2.45, 2.75) is 0 Å². The van der Waals surface area contributed by atoms with Crippen molar-refractivity contribution < 1.29 is 18.7 Å². The van der Waals surface area contributed by atoms with Crippen molar-refractivity contribution in [1.82, 2.24) is 0 Å². The summed E-state index contributed by atoms with van der Waals surface area (Å²) in [5.41, 5.74) is -0.115. The molecule has 1 aliphatic heterocycles. The highest BCUT2D eigenvalue weighted by molar-refractivity contribution is 6.69. The van der Waals surface area contributed by atoms with Gasteiger partial charge in [-0.15, -0.1) is 0 Å². The average molecular weight is 277 g/mol. The summed E-state index contributed by atoms with van der Waals surface area (Å²) in [7, 11) is 0. The molecule has 2 rings (SSSR count). The van der Waals surface area contributed by atoms with Crippen LogP contribution in [0.4, 0.5) is 14.5 Å². The maximum Gasteiger partial charge on any atom is 0.175 e. The Bertz CT molecular complexity index is 453. The Morgan fingerprint density at radius 3 is 2.33 bits per heavy atom. The molecule has 0 spiro atoms. The molecule has 0 radical (unpaired) electrons. The van der Waals surface area contributed by atoms with Gasteiger partial charge in [-0.25, -0.2) is 8.78 Å². The smallest absolute Gasteiger partial charge is 0.175 e. The molecular weight excluding hydrogens is 266 g/mol. The fraction of sp³-hybridized carbons (Fsp3) is 0.364. The molecule has 0 unspecified atom stereocenters. The van der Waals surface area contributed by atoms with Crippen LogP contribution in [0.15, 0.2) is 17.3 Å². The number of ether oxygens (including phenoxy) is 1. The highest BCUT2D eigenvalue weighted by Crippen LogP contribution is 2.26. The van der Waals surface area contributed by atoms with Crippen molar-refractivity contribution >= 4 is 22.5 Å². The fourth-order valence-corrected chi connectivity index (χ4v) is 1.94. The number of oxime groups is 1. The lowest BCUT2D eigenvalue weighted by Crippen LogP contribution is -2.37. The van der Waals surface area contributed by atoms with Gasteiger partial charge in [-0.1, -0.05) is 16.8 Å². The Morgan fingerprint density at radius 2 is 1.83 bits per heavy atom. The van der Waals surface area contributed by atoms with E-state index in [0.717, 1.165) is 12.1 Å². The number of morpholine rings is 1. The molecule has 1 aromatic carbocycles. The predicted octanol–water partition coefficient (Wildman–Crippen LogP) is 2.18. The molecule has 4 nitrogen and oxygen atoms in total. The van der Waals surface area contributed by atoms with Crippen LogP contribution in [0, 0.1) is 11.6 Å². The molecule has 1 saturated heterocycles. The summed E-state index contributed by atoms with van der Waals surface area (Å²) in [6.07, 6.45) is 0. The summed E-state index contributed by atoms with van der Waals surface area (Å²) in [5.74, 6) is -1.48. The van der Waals surface area contributed by atoms with Gasteiger partial charge in [-0.3, -0.25) is 0 Å².